The van der Waals surface area contributed by atoms with Gasteiger partial charge in [0.15, 0.2) is 0 Å². The summed E-state index contributed by atoms with van der Waals surface area (Å²) in [6.07, 6.45) is 0. The van der Waals surface area contributed by atoms with Gasteiger partial charge in [0.25, 0.3) is 0 Å². The fourth-order valence-corrected chi connectivity index (χ4v) is 3.37. The molecule has 1 unspecified atom stereocenters. The first-order valence-corrected chi connectivity index (χ1v) is 7.44. The van der Waals surface area contributed by atoms with Crippen LogP contribution in [0.5, 0.6) is 5.75 Å². The lowest BCUT2D eigenvalue weighted by Gasteiger charge is -2.13. The fraction of sp³-hybridized carbons (Fsp3) is 0.176. The van der Waals surface area contributed by atoms with Crippen LogP contribution >= 0.6 is 11.3 Å². The molecule has 0 radical (unpaired) electrons. The molecule has 0 aliphatic rings. The Balaban J connectivity index is 2.03. The number of benzene rings is 2. The Bertz CT molecular complexity index is 748. The van der Waals surface area contributed by atoms with Crippen LogP contribution in [0.4, 0.5) is 0 Å². The molecule has 0 saturated carbocycles. The lowest BCUT2D eigenvalue weighted by molar-refractivity contribution is 0.415. The maximum Gasteiger partial charge on any atom is 0.119 e. The zero-order valence-corrected chi connectivity index (χ0v) is 12.4. The Kier molecular flexibility index (Phi) is 3.47. The highest BCUT2D eigenvalue weighted by Crippen LogP contribution is 2.30. The van der Waals surface area contributed by atoms with Crippen LogP contribution in [-0.4, -0.2) is 7.11 Å². The van der Waals surface area contributed by atoms with Gasteiger partial charge in [0.2, 0.25) is 0 Å². The molecule has 0 aliphatic heterocycles. The molecule has 3 rings (SSSR count). The van der Waals surface area contributed by atoms with Crippen molar-refractivity contribution in [2.75, 3.05) is 7.11 Å². The Morgan fingerprint density at radius 1 is 1.05 bits per heavy atom. The predicted octanol–water partition coefficient (Wildman–Crippen LogP) is 4.27. The number of methoxy groups -OCH3 is 1. The third-order valence-electron chi connectivity index (χ3n) is 3.61. The SMILES string of the molecule is COc1ccc2cc(C(N)c3sccc3C)ccc2c1. The van der Waals surface area contributed by atoms with E-state index in [-0.39, 0.29) is 6.04 Å². The summed E-state index contributed by atoms with van der Waals surface area (Å²) in [5.74, 6) is 0.878. The largest absolute Gasteiger partial charge is 0.497 e. The number of nitrogens with two attached hydrogens (primary N) is 1. The molecule has 2 N–H and O–H groups in total. The quantitative estimate of drug-likeness (QED) is 0.779. The van der Waals surface area contributed by atoms with Gasteiger partial charge in [-0.1, -0.05) is 18.2 Å². The summed E-state index contributed by atoms with van der Waals surface area (Å²) in [6, 6.07) is 14.5. The number of rotatable bonds is 3. The molecule has 20 heavy (non-hydrogen) atoms. The van der Waals surface area contributed by atoms with Crippen LogP contribution < -0.4 is 10.5 Å². The zero-order chi connectivity index (χ0) is 14.1. The van der Waals surface area contributed by atoms with E-state index in [0.717, 1.165) is 11.3 Å². The molecule has 3 heteroatoms. The number of thiophene rings is 1. The van der Waals surface area contributed by atoms with Crippen molar-refractivity contribution in [3.63, 3.8) is 0 Å². The van der Waals surface area contributed by atoms with E-state index in [1.165, 1.54) is 21.2 Å². The molecular weight excluding hydrogens is 266 g/mol. The summed E-state index contributed by atoms with van der Waals surface area (Å²) in [5.41, 5.74) is 8.80. The van der Waals surface area contributed by atoms with Crippen molar-refractivity contribution in [1.29, 1.82) is 0 Å². The van der Waals surface area contributed by atoms with Gasteiger partial charge in [0, 0.05) is 4.88 Å². The third kappa shape index (κ3) is 2.30. The van der Waals surface area contributed by atoms with Crippen LogP contribution in [0.25, 0.3) is 10.8 Å². The van der Waals surface area contributed by atoms with Gasteiger partial charge >= 0.3 is 0 Å². The minimum absolute atomic E-state index is 0.0542. The van der Waals surface area contributed by atoms with Crippen LogP contribution in [0.2, 0.25) is 0 Å². The maximum atomic E-state index is 6.39. The van der Waals surface area contributed by atoms with E-state index in [2.05, 4.69) is 42.6 Å². The van der Waals surface area contributed by atoms with Gasteiger partial charge in [0.1, 0.15) is 5.75 Å². The Morgan fingerprint density at radius 2 is 1.80 bits per heavy atom. The molecule has 0 amide bonds. The minimum Gasteiger partial charge on any atom is -0.497 e. The highest BCUT2D eigenvalue weighted by atomic mass is 32.1. The van der Waals surface area contributed by atoms with Gasteiger partial charge in [-0.25, -0.2) is 0 Å². The molecule has 0 spiro atoms. The molecule has 0 saturated heterocycles. The van der Waals surface area contributed by atoms with Crippen LogP contribution in [0.1, 0.15) is 22.0 Å². The standard InChI is InChI=1S/C17H17NOS/c1-11-7-8-20-17(11)16(18)14-4-3-13-10-15(19-2)6-5-12(13)9-14/h3-10,16H,18H2,1-2H3. The number of hydrogen-bond acceptors (Lipinski definition) is 3. The van der Waals surface area contributed by atoms with Crippen LogP contribution in [-0.2, 0) is 0 Å². The Hall–Kier alpha value is -1.84. The topological polar surface area (TPSA) is 35.2 Å². The first kappa shape index (κ1) is 13.2. The van der Waals surface area contributed by atoms with Crippen LogP contribution in [0.3, 0.4) is 0 Å². The van der Waals surface area contributed by atoms with E-state index in [1.807, 2.05) is 12.1 Å². The molecule has 2 aromatic carbocycles. The minimum atomic E-state index is -0.0542. The lowest BCUT2D eigenvalue weighted by atomic mass is 10.00. The Labute approximate surface area is 122 Å². The zero-order valence-electron chi connectivity index (χ0n) is 11.6. The normalized spacial score (nSPS) is 12.6. The van der Waals surface area contributed by atoms with Gasteiger partial charge in [-0.3, -0.25) is 0 Å². The molecule has 2 nitrogen and oxygen atoms in total. The number of aryl methyl sites for hydroxylation is 1. The van der Waals surface area contributed by atoms with Crippen molar-refractivity contribution in [3.05, 3.63) is 63.8 Å². The number of hydrogen-bond donors (Lipinski definition) is 1. The molecule has 102 valence electrons. The second kappa shape index (κ2) is 5.27. The highest BCUT2D eigenvalue weighted by Gasteiger charge is 2.13. The van der Waals surface area contributed by atoms with Gasteiger partial charge in [0.05, 0.1) is 13.2 Å². The van der Waals surface area contributed by atoms with Gasteiger partial charge in [-0.2, -0.15) is 0 Å². The van der Waals surface area contributed by atoms with E-state index >= 15 is 0 Å². The third-order valence-corrected chi connectivity index (χ3v) is 4.72. The second-order valence-corrected chi connectivity index (χ2v) is 5.87. The van der Waals surface area contributed by atoms with Crippen molar-refractivity contribution < 1.29 is 4.74 Å². The lowest BCUT2D eigenvalue weighted by Crippen LogP contribution is -2.11. The van der Waals surface area contributed by atoms with Crippen molar-refractivity contribution in [2.24, 2.45) is 5.73 Å². The smallest absolute Gasteiger partial charge is 0.119 e. The molecule has 0 bridgehead atoms. The van der Waals surface area contributed by atoms with E-state index in [0.29, 0.717) is 0 Å². The number of ether oxygens (including phenoxy) is 1. The summed E-state index contributed by atoms with van der Waals surface area (Å²) >= 11 is 1.72. The first-order valence-electron chi connectivity index (χ1n) is 6.56. The molecule has 0 fully saturated rings. The second-order valence-electron chi connectivity index (χ2n) is 4.92. The maximum absolute atomic E-state index is 6.39. The molecule has 0 aliphatic carbocycles. The summed E-state index contributed by atoms with van der Waals surface area (Å²) in [5, 5.41) is 4.45. The first-order chi connectivity index (χ1) is 9.69. The average molecular weight is 283 g/mol. The summed E-state index contributed by atoms with van der Waals surface area (Å²) < 4.78 is 5.25. The van der Waals surface area contributed by atoms with Crippen molar-refractivity contribution in [1.82, 2.24) is 0 Å². The van der Waals surface area contributed by atoms with E-state index in [9.17, 15) is 0 Å². The van der Waals surface area contributed by atoms with Gasteiger partial charge < -0.3 is 10.5 Å². The molecule has 1 atom stereocenters. The van der Waals surface area contributed by atoms with E-state index in [4.69, 9.17) is 10.5 Å². The monoisotopic (exact) mass is 283 g/mol. The van der Waals surface area contributed by atoms with E-state index < -0.39 is 0 Å². The summed E-state index contributed by atoms with van der Waals surface area (Å²) in [6.45, 7) is 2.11. The van der Waals surface area contributed by atoms with Crippen LogP contribution in [0.15, 0.2) is 47.8 Å². The van der Waals surface area contributed by atoms with E-state index in [1.54, 1.807) is 18.4 Å². The molecule has 1 heterocycles. The molecule has 3 aromatic rings. The average Bonchev–Trinajstić information content (AvgIpc) is 2.91. The Morgan fingerprint density at radius 3 is 2.50 bits per heavy atom. The van der Waals surface area contributed by atoms with Crippen LogP contribution in [0, 0.1) is 6.92 Å². The highest BCUT2D eigenvalue weighted by molar-refractivity contribution is 7.10. The molecular formula is C17H17NOS. The summed E-state index contributed by atoms with van der Waals surface area (Å²) in [7, 11) is 1.69. The van der Waals surface area contributed by atoms with Gasteiger partial charge in [-0.05, 0) is 58.5 Å². The summed E-state index contributed by atoms with van der Waals surface area (Å²) in [4.78, 5) is 1.23. The number of fused-ring (bicyclic) bond motifs is 1. The van der Waals surface area contributed by atoms with Crippen molar-refractivity contribution in [3.8, 4) is 5.75 Å². The fourth-order valence-electron chi connectivity index (χ4n) is 2.42. The predicted molar refractivity (Wildman–Crippen MR) is 85.6 cm³/mol. The van der Waals surface area contributed by atoms with Crippen molar-refractivity contribution in [2.45, 2.75) is 13.0 Å². The van der Waals surface area contributed by atoms with Gasteiger partial charge in [-0.15, -0.1) is 11.3 Å². The van der Waals surface area contributed by atoms with Crippen molar-refractivity contribution >= 4 is 22.1 Å². The molecule has 1 aromatic heterocycles.